The van der Waals surface area contributed by atoms with Crippen LogP contribution in [-0.4, -0.2) is 29.8 Å². The zero-order valence-electron chi connectivity index (χ0n) is 18.5. The highest BCUT2D eigenvalue weighted by atomic mass is 19.1. The molecule has 1 aromatic carbocycles. The molecule has 168 valence electrons. The van der Waals surface area contributed by atoms with Gasteiger partial charge >= 0.3 is 0 Å². The summed E-state index contributed by atoms with van der Waals surface area (Å²) in [5, 5.41) is 13.2. The highest BCUT2D eigenvalue weighted by Gasteiger charge is 2.32. The standard InChI is InChI=1S/C24H24FN7O/c1-24(2)19-10-16(25)6-7-20(19)31-18(13-28-30-31)8-14-12-29-32(17-4-3-5-17)22(14)15-9-21(33-24)23(26)27-11-15/h6-7,9-13,17H,3-5,8H2,1-2H3,(H2,26,27). The summed E-state index contributed by atoms with van der Waals surface area (Å²) in [6.07, 6.45) is 9.38. The van der Waals surface area contributed by atoms with E-state index in [4.69, 9.17) is 15.6 Å². The van der Waals surface area contributed by atoms with Crippen molar-refractivity contribution in [1.82, 2.24) is 29.8 Å². The number of rotatable bonds is 1. The van der Waals surface area contributed by atoms with E-state index in [1.54, 1.807) is 23.1 Å². The number of ether oxygens (including phenoxy) is 1. The molecule has 6 rings (SSSR count). The van der Waals surface area contributed by atoms with Crippen molar-refractivity contribution in [3.63, 3.8) is 0 Å². The highest BCUT2D eigenvalue weighted by molar-refractivity contribution is 5.68. The van der Waals surface area contributed by atoms with Gasteiger partial charge in [-0.15, -0.1) is 5.10 Å². The minimum atomic E-state index is -0.925. The van der Waals surface area contributed by atoms with Gasteiger partial charge in [-0.25, -0.2) is 14.1 Å². The van der Waals surface area contributed by atoms with Crippen LogP contribution in [0.2, 0.25) is 0 Å². The summed E-state index contributed by atoms with van der Waals surface area (Å²) in [6.45, 7) is 3.76. The second-order valence-corrected chi connectivity index (χ2v) is 9.24. The molecule has 0 atom stereocenters. The predicted octanol–water partition coefficient (Wildman–Crippen LogP) is 4.19. The molecule has 3 aromatic heterocycles. The lowest BCUT2D eigenvalue weighted by Crippen LogP contribution is -2.28. The summed E-state index contributed by atoms with van der Waals surface area (Å²) in [5.74, 6) is 0.363. The second kappa shape index (κ2) is 7.13. The highest BCUT2D eigenvalue weighted by Crippen LogP contribution is 2.40. The van der Waals surface area contributed by atoms with Gasteiger partial charge in [-0.3, -0.25) is 4.68 Å². The fourth-order valence-corrected chi connectivity index (χ4v) is 4.70. The van der Waals surface area contributed by atoms with E-state index in [0.717, 1.165) is 35.4 Å². The molecule has 2 bridgehead atoms. The van der Waals surface area contributed by atoms with Crippen LogP contribution in [0.25, 0.3) is 16.9 Å². The molecule has 0 radical (unpaired) electrons. The topological polar surface area (TPSA) is 96.7 Å². The fraction of sp³-hybridized carbons (Fsp3) is 0.333. The molecular formula is C24H24FN7O. The molecular weight excluding hydrogens is 421 g/mol. The summed E-state index contributed by atoms with van der Waals surface area (Å²) < 4.78 is 24.6. The van der Waals surface area contributed by atoms with Crippen LogP contribution < -0.4 is 10.5 Å². The first-order valence-corrected chi connectivity index (χ1v) is 11.1. The Bertz CT molecular complexity index is 1370. The lowest BCUT2D eigenvalue weighted by atomic mass is 9.92. The Morgan fingerprint density at radius 3 is 2.79 bits per heavy atom. The molecule has 4 heterocycles. The third kappa shape index (κ3) is 3.18. The largest absolute Gasteiger partial charge is 0.479 e. The molecule has 33 heavy (non-hydrogen) atoms. The minimum Gasteiger partial charge on any atom is -0.479 e. The monoisotopic (exact) mass is 445 g/mol. The van der Waals surface area contributed by atoms with Crippen molar-refractivity contribution < 1.29 is 9.13 Å². The zero-order chi connectivity index (χ0) is 22.7. The number of hydrogen-bond donors (Lipinski definition) is 1. The first kappa shape index (κ1) is 19.9. The Kier molecular flexibility index (Phi) is 4.30. The van der Waals surface area contributed by atoms with Crippen molar-refractivity contribution in [3.05, 3.63) is 65.5 Å². The molecule has 9 heteroatoms. The van der Waals surface area contributed by atoms with E-state index in [1.807, 2.05) is 26.1 Å². The van der Waals surface area contributed by atoms with Crippen LogP contribution in [0.4, 0.5) is 10.2 Å². The quantitative estimate of drug-likeness (QED) is 0.472. The number of aromatic nitrogens is 6. The summed E-state index contributed by atoms with van der Waals surface area (Å²) in [4.78, 5) is 4.43. The van der Waals surface area contributed by atoms with Crippen LogP contribution in [0.1, 0.15) is 56.0 Å². The van der Waals surface area contributed by atoms with Gasteiger partial charge < -0.3 is 10.5 Å². The minimum absolute atomic E-state index is 0.277. The molecule has 2 aliphatic rings. The Labute approximate surface area is 190 Å². The molecule has 4 aromatic rings. The molecule has 0 unspecified atom stereocenters. The van der Waals surface area contributed by atoms with Gasteiger partial charge in [0.15, 0.2) is 11.6 Å². The fourth-order valence-electron chi connectivity index (χ4n) is 4.70. The first-order chi connectivity index (χ1) is 15.9. The number of pyridine rings is 1. The number of anilines is 1. The van der Waals surface area contributed by atoms with Gasteiger partial charge in [-0.1, -0.05) is 5.21 Å². The molecule has 8 nitrogen and oxygen atoms in total. The number of nitrogens with zero attached hydrogens (tertiary/aromatic N) is 6. The molecule has 1 saturated carbocycles. The molecule has 0 saturated heterocycles. The van der Waals surface area contributed by atoms with Crippen molar-refractivity contribution in [2.24, 2.45) is 0 Å². The van der Waals surface area contributed by atoms with Crippen molar-refractivity contribution in [1.29, 1.82) is 0 Å². The molecule has 0 amide bonds. The van der Waals surface area contributed by atoms with E-state index in [-0.39, 0.29) is 11.6 Å². The lowest BCUT2D eigenvalue weighted by molar-refractivity contribution is 0.109. The maximum Gasteiger partial charge on any atom is 0.166 e. The van der Waals surface area contributed by atoms with E-state index < -0.39 is 5.60 Å². The average Bonchev–Trinajstić information content (AvgIpc) is 3.35. The molecule has 1 aliphatic heterocycles. The summed E-state index contributed by atoms with van der Waals surface area (Å²) in [5.41, 5.74) is 10.4. The normalized spacial score (nSPS) is 16.9. The van der Waals surface area contributed by atoms with Gasteiger partial charge in [-0.2, -0.15) is 5.10 Å². The van der Waals surface area contributed by atoms with E-state index in [2.05, 4.69) is 20.0 Å². The van der Waals surface area contributed by atoms with E-state index in [0.29, 0.717) is 29.5 Å². The molecule has 2 N–H and O–H groups in total. The van der Waals surface area contributed by atoms with Gasteiger partial charge in [0.2, 0.25) is 0 Å². The van der Waals surface area contributed by atoms with Gasteiger partial charge in [0.25, 0.3) is 0 Å². The summed E-state index contributed by atoms with van der Waals surface area (Å²) in [7, 11) is 0. The summed E-state index contributed by atoms with van der Waals surface area (Å²) in [6, 6.07) is 6.88. The van der Waals surface area contributed by atoms with Crippen molar-refractivity contribution in [2.75, 3.05) is 5.73 Å². The van der Waals surface area contributed by atoms with Crippen molar-refractivity contribution in [3.8, 4) is 22.7 Å². The Hall–Kier alpha value is -3.75. The molecule has 1 aliphatic carbocycles. The number of nitrogens with two attached hydrogens (primary N) is 1. The summed E-state index contributed by atoms with van der Waals surface area (Å²) >= 11 is 0. The number of halogens is 1. The van der Waals surface area contributed by atoms with Crippen LogP contribution in [0, 0.1) is 5.82 Å². The Morgan fingerprint density at radius 2 is 2.00 bits per heavy atom. The Balaban J connectivity index is 1.63. The van der Waals surface area contributed by atoms with Crippen LogP contribution in [0.15, 0.2) is 42.9 Å². The maximum atomic E-state index is 14.4. The van der Waals surface area contributed by atoms with Crippen molar-refractivity contribution >= 4 is 5.82 Å². The van der Waals surface area contributed by atoms with Gasteiger partial charge in [0.1, 0.15) is 11.4 Å². The third-order valence-corrected chi connectivity index (χ3v) is 6.64. The second-order valence-electron chi connectivity index (χ2n) is 9.24. The number of benzene rings is 1. The number of nitrogen functional groups attached to an aromatic ring is 1. The predicted molar refractivity (Wildman–Crippen MR) is 121 cm³/mol. The maximum absolute atomic E-state index is 14.4. The van der Waals surface area contributed by atoms with E-state index >= 15 is 0 Å². The van der Waals surface area contributed by atoms with Gasteiger partial charge in [0.05, 0.1) is 35.5 Å². The molecule has 0 spiro atoms. The van der Waals surface area contributed by atoms with Crippen molar-refractivity contribution in [2.45, 2.75) is 51.2 Å². The molecule has 1 fully saturated rings. The smallest absolute Gasteiger partial charge is 0.166 e. The van der Waals surface area contributed by atoms with Crippen LogP contribution in [0.3, 0.4) is 0 Å². The Morgan fingerprint density at radius 1 is 1.15 bits per heavy atom. The average molecular weight is 446 g/mol. The third-order valence-electron chi connectivity index (χ3n) is 6.64. The van der Waals surface area contributed by atoms with Gasteiger partial charge in [-0.05, 0) is 57.4 Å². The van der Waals surface area contributed by atoms with Crippen LogP contribution >= 0.6 is 0 Å². The van der Waals surface area contributed by atoms with E-state index in [9.17, 15) is 4.39 Å². The zero-order valence-corrected chi connectivity index (χ0v) is 18.5. The lowest BCUT2D eigenvalue weighted by Gasteiger charge is -2.31. The van der Waals surface area contributed by atoms with Crippen LogP contribution in [-0.2, 0) is 12.0 Å². The first-order valence-electron chi connectivity index (χ1n) is 11.1. The SMILES string of the molecule is CC1(C)Oc2cc(cnc2N)-c2c(cnn2C2CCC2)Cc2cnnn2-c2ccc(F)cc21. The number of hydrogen-bond acceptors (Lipinski definition) is 6. The van der Waals surface area contributed by atoms with Gasteiger partial charge in [0, 0.05) is 29.3 Å². The van der Waals surface area contributed by atoms with Crippen LogP contribution in [0.5, 0.6) is 5.75 Å². The number of fused-ring (bicyclic) bond motifs is 7. The van der Waals surface area contributed by atoms with E-state index in [1.165, 1.54) is 18.6 Å².